The number of hydrogen-bond acceptors (Lipinski definition) is 2. The van der Waals surface area contributed by atoms with Gasteiger partial charge < -0.3 is 5.32 Å². The van der Waals surface area contributed by atoms with Crippen molar-refractivity contribution in [3.8, 4) is 0 Å². The lowest BCUT2D eigenvalue weighted by Gasteiger charge is -2.38. The molecule has 1 N–H and O–H groups in total. The largest absolute Gasteiger partial charge is 0.310 e. The summed E-state index contributed by atoms with van der Waals surface area (Å²) >= 11 is 0. The van der Waals surface area contributed by atoms with E-state index in [9.17, 15) is 4.39 Å². The van der Waals surface area contributed by atoms with Crippen LogP contribution >= 0.6 is 0 Å². The summed E-state index contributed by atoms with van der Waals surface area (Å²) in [5, 5.41) is 3.50. The Hall–Kier alpha value is -0.930. The van der Waals surface area contributed by atoms with Crippen LogP contribution in [0.15, 0.2) is 18.2 Å². The molecule has 3 heteroatoms. The van der Waals surface area contributed by atoms with Crippen LogP contribution in [-0.4, -0.2) is 24.0 Å². The summed E-state index contributed by atoms with van der Waals surface area (Å²) in [6.07, 6.45) is 5.07. The van der Waals surface area contributed by atoms with Crippen LogP contribution in [0.3, 0.4) is 0 Å². The van der Waals surface area contributed by atoms with Gasteiger partial charge in [-0.1, -0.05) is 26.0 Å². The standard InChI is InChI=1S/C18H27FN2/c1-18(2)8-3-9-21(13-18)12-15-10-14(4-7-17(15)19)11-20-16-5-6-16/h4,7,10,16,20H,3,5-6,8-9,11-13H2,1-2H3. The molecule has 0 atom stereocenters. The maximum absolute atomic E-state index is 14.1. The number of piperidine rings is 1. The molecule has 1 aromatic carbocycles. The highest BCUT2D eigenvalue weighted by Gasteiger charge is 2.26. The van der Waals surface area contributed by atoms with Crippen LogP contribution in [0.2, 0.25) is 0 Å². The highest BCUT2D eigenvalue weighted by atomic mass is 19.1. The summed E-state index contributed by atoms with van der Waals surface area (Å²) in [4.78, 5) is 2.40. The molecule has 0 aromatic heterocycles. The van der Waals surface area contributed by atoms with Gasteiger partial charge in [-0.05, 0) is 49.3 Å². The number of halogens is 1. The van der Waals surface area contributed by atoms with Crippen LogP contribution in [-0.2, 0) is 13.1 Å². The monoisotopic (exact) mass is 290 g/mol. The summed E-state index contributed by atoms with van der Waals surface area (Å²) in [5.74, 6) is -0.0615. The van der Waals surface area contributed by atoms with Crippen LogP contribution in [0, 0.1) is 11.2 Å². The molecule has 1 saturated carbocycles. The van der Waals surface area contributed by atoms with Crippen molar-refractivity contribution < 1.29 is 4.39 Å². The second kappa shape index (κ2) is 6.05. The quantitative estimate of drug-likeness (QED) is 0.889. The zero-order chi connectivity index (χ0) is 14.9. The van der Waals surface area contributed by atoms with Gasteiger partial charge in [0.2, 0.25) is 0 Å². The minimum Gasteiger partial charge on any atom is -0.310 e. The lowest BCUT2D eigenvalue weighted by molar-refractivity contribution is 0.110. The number of nitrogens with one attached hydrogen (secondary N) is 1. The number of rotatable bonds is 5. The van der Waals surface area contributed by atoms with Crippen LogP contribution in [0.4, 0.5) is 4.39 Å². The average Bonchev–Trinajstić information content (AvgIpc) is 3.23. The first-order valence-electron chi connectivity index (χ1n) is 8.25. The van der Waals surface area contributed by atoms with Crippen molar-refractivity contribution in [2.45, 2.75) is 58.7 Å². The van der Waals surface area contributed by atoms with Crippen molar-refractivity contribution in [1.29, 1.82) is 0 Å². The maximum atomic E-state index is 14.1. The molecule has 0 unspecified atom stereocenters. The van der Waals surface area contributed by atoms with Gasteiger partial charge in [-0.25, -0.2) is 4.39 Å². The van der Waals surface area contributed by atoms with E-state index in [1.54, 1.807) is 6.07 Å². The number of nitrogens with zero attached hydrogens (tertiary/aromatic N) is 1. The van der Waals surface area contributed by atoms with Gasteiger partial charge in [0, 0.05) is 31.2 Å². The molecule has 21 heavy (non-hydrogen) atoms. The van der Waals surface area contributed by atoms with Gasteiger partial charge >= 0.3 is 0 Å². The average molecular weight is 290 g/mol. The first-order chi connectivity index (χ1) is 10.0. The van der Waals surface area contributed by atoms with Gasteiger partial charge in [0.15, 0.2) is 0 Å². The first kappa shape index (κ1) is 15.0. The van der Waals surface area contributed by atoms with Crippen molar-refractivity contribution in [2.24, 2.45) is 5.41 Å². The Labute approximate surface area is 127 Å². The lowest BCUT2D eigenvalue weighted by Crippen LogP contribution is -2.39. The fourth-order valence-electron chi connectivity index (χ4n) is 3.33. The predicted molar refractivity (Wildman–Crippen MR) is 84.6 cm³/mol. The molecule has 0 spiro atoms. The molecule has 2 aliphatic rings. The lowest BCUT2D eigenvalue weighted by atomic mass is 9.84. The third-order valence-electron chi connectivity index (χ3n) is 4.66. The molecule has 1 saturated heterocycles. The molecule has 2 nitrogen and oxygen atoms in total. The second-order valence-corrected chi connectivity index (χ2v) is 7.56. The Morgan fingerprint density at radius 2 is 2.14 bits per heavy atom. The summed E-state index contributed by atoms with van der Waals surface area (Å²) < 4.78 is 14.1. The predicted octanol–water partition coefficient (Wildman–Crippen LogP) is 3.70. The van der Waals surface area contributed by atoms with Crippen LogP contribution in [0.25, 0.3) is 0 Å². The van der Waals surface area contributed by atoms with Crippen molar-refractivity contribution in [1.82, 2.24) is 10.2 Å². The van der Waals surface area contributed by atoms with E-state index in [2.05, 4.69) is 24.1 Å². The molecular formula is C18H27FN2. The number of likely N-dealkylation sites (tertiary alicyclic amines) is 1. The number of hydrogen-bond donors (Lipinski definition) is 1. The molecule has 0 radical (unpaired) electrons. The Balaban J connectivity index is 1.64. The molecule has 1 aromatic rings. The van der Waals surface area contributed by atoms with E-state index in [4.69, 9.17) is 0 Å². The molecule has 1 aliphatic carbocycles. The first-order valence-corrected chi connectivity index (χ1v) is 8.25. The molecule has 0 bridgehead atoms. The Kier molecular flexibility index (Phi) is 4.32. The Morgan fingerprint density at radius 1 is 1.33 bits per heavy atom. The minimum absolute atomic E-state index is 0.0615. The fraction of sp³-hybridized carbons (Fsp3) is 0.667. The molecule has 116 valence electrons. The van der Waals surface area contributed by atoms with E-state index in [0.29, 0.717) is 11.5 Å². The second-order valence-electron chi connectivity index (χ2n) is 7.56. The normalized spacial score (nSPS) is 22.4. The fourth-order valence-corrected chi connectivity index (χ4v) is 3.33. The van der Waals surface area contributed by atoms with Crippen molar-refractivity contribution in [2.75, 3.05) is 13.1 Å². The van der Waals surface area contributed by atoms with Gasteiger partial charge in [0.25, 0.3) is 0 Å². The van der Waals surface area contributed by atoms with Crippen LogP contribution in [0.5, 0.6) is 0 Å². The molecule has 2 fully saturated rings. The van der Waals surface area contributed by atoms with E-state index >= 15 is 0 Å². The molecule has 1 heterocycles. The van der Waals surface area contributed by atoms with Crippen LogP contribution in [0.1, 0.15) is 50.7 Å². The third kappa shape index (κ3) is 4.27. The van der Waals surface area contributed by atoms with E-state index in [0.717, 1.165) is 31.7 Å². The van der Waals surface area contributed by atoms with Gasteiger partial charge in [-0.3, -0.25) is 4.90 Å². The van der Waals surface area contributed by atoms with Crippen molar-refractivity contribution >= 4 is 0 Å². The van der Waals surface area contributed by atoms with Gasteiger partial charge in [-0.2, -0.15) is 0 Å². The number of benzene rings is 1. The minimum atomic E-state index is -0.0615. The third-order valence-corrected chi connectivity index (χ3v) is 4.66. The van der Waals surface area contributed by atoms with Crippen LogP contribution < -0.4 is 5.32 Å². The highest BCUT2D eigenvalue weighted by Crippen LogP contribution is 2.29. The summed E-state index contributed by atoms with van der Waals surface area (Å²) in [6.45, 7) is 8.39. The smallest absolute Gasteiger partial charge is 0.127 e. The van der Waals surface area contributed by atoms with E-state index in [1.165, 1.54) is 31.2 Å². The van der Waals surface area contributed by atoms with Gasteiger partial charge in [0.1, 0.15) is 5.82 Å². The Morgan fingerprint density at radius 3 is 2.86 bits per heavy atom. The molecular weight excluding hydrogens is 263 g/mol. The summed E-state index contributed by atoms with van der Waals surface area (Å²) in [6, 6.07) is 6.29. The highest BCUT2D eigenvalue weighted by molar-refractivity contribution is 5.25. The summed E-state index contributed by atoms with van der Waals surface area (Å²) in [5.41, 5.74) is 2.41. The Bertz CT molecular complexity index is 494. The zero-order valence-electron chi connectivity index (χ0n) is 13.3. The van der Waals surface area contributed by atoms with E-state index < -0.39 is 0 Å². The van der Waals surface area contributed by atoms with Crippen molar-refractivity contribution in [3.63, 3.8) is 0 Å². The maximum Gasteiger partial charge on any atom is 0.127 e. The topological polar surface area (TPSA) is 15.3 Å². The van der Waals surface area contributed by atoms with Gasteiger partial charge in [0.05, 0.1) is 0 Å². The zero-order valence-corrected chi connectivity index (χ0v) is 13.3. The van der Waals surface area contributed by atoms with Gasteiger partial charge in [-0.15, -0.1) is 0 Å². The molecule has 1 aliphatic heterocycles. The van der Waals surface area contributed by atoms with E-state index in [1.807, 2.05) is 12.1 Å². The SMILES string of the molecule is CC1(C)CCCN(Cc2cc(CNC3CC3)ccc2F)C1. The van der Waals surface area contributed by atoms with Crippen molar-refractivity contribution in [3.05, 3.63) is 35.1 Å². The molecule has 3 rings (SSSR count). The summed E-state index contributed by atoms with van der Waals surface area (Å²) in [7, 11) is 0. The van der Waals surface area contributed by atoms with E-state index in [-0.39, 0.29) is 5.82 Å². The molecule has 0 amide bonds.